The van der Waals surface area contributed by atoms with Crippen LogP contribution >= 0.6 is 0 Å². The van der Waals surface area contributed by atoms with Crippen LogP contribution in [0.15, 0.2) is 54.6 Å². The summed E-state index contributed by atoms with van der Waals surface area (Å²) in [5.41, 5.74) is 2.81. The summed E-state index contributed by atoms with van der Waals surface area (Å²) in [6.07, 6.45) is 7.65. The predicted octanol–water partition coefficient (Wildman–Crippen LogP) is 4.83. The van der Waals surface area contributed by atoms with Crippen LogP contribution in [0, 0.1) is 6.07 Å². The van der Waals surface area contributed by atoms with Crippen LogP contribution in [0.3, 0.4) is 0 Å². The Morgan fingerprint density at radius 2 is 1.39 bits per heavy atom. The van der Waals surface area contributed by atoms with Gasteiger partial charge in [-0.25, -0.2) is 0 Å². The van der Waals surface area contributed by atoms with Gasteiger partial charge in [0, 0.05) is 0 Å². The van der Waals surface area contributed by atoms with Gasteiger partial charge >= 0.3 is 0 Å². The number of hydrogen-bond acceptors (Lipinski definition) is 0. The second kappa shape index (κ2) is 7.71. The van der Waals surface area contributed by atoms with E-state index in [9.17, 15) is 0 Å². The lowest BCUT2D eigenvalue weighted by atomic mass is 10.0. The van der Waals surface area contributed by atoms with Crippen molar-refractivity contribution in [2.24, 2.45) is 0 Å². The van der Waals surface area contributed by atoms with Gasteiger partial charge in [0.1, 0.15) is 0 Å². The number of hydrogen-bond donors (Lipinski definition) is 0. The van der Waals surface area contributed by atoms with Crippen molar-refractivity contribution >= 4 is 0 Å². The molecule has 0 saturated heterocycles. The van der Waals surface area contributed by atoms with Crippen LogP contribution in [-0.4, -0.2) is 0 Å². The second-order valence-corrected chi connectivity index (χ2v) is 4.79. The molecule has 0 aliphatic rings. The topological polar surface area (TPSA) is 0 Å². The Hall–Kier alpha value is -1.56. The molecule has 18 heavy (non-hydrogen) atoms. The molecule has 0 heteroatoms. The molecule has 2 rings (SSSR count). The second-order valence-electron chi connectivity index (χ2n) is 4.79. The molecule has 2 aromatic rings. The van der Waals surface area contributed by atoms with Crippen LogP contribution in [-0.2, 0) is 12.8 Å². The van der Waals surface area contributed by atoms with Gasteiger partial charge in [-0.3, -0.25) is 0 Å². The third-order valence-corrected chi connectivity index (χ3v) is 3.28. The molecular weight excluding hydrogens is 216 g/mol. The largest absolute Gasteiger partial charge is 0.0622 e. The molecule has 0 nitrogen and oxygen atoms in total. The zero-order chi connectivity index (χ0) is 12.5. The van der Waals surface area contributed by atoms with E-state index in [-0.39, 0.29) is 0 Å². The summed E-state index contributed by atoms with van der Waals surface area (Å²) in [4.78, 5) is 0. The van der Waals surface area contributed by atoms with Crippen molar-refractivity contribution in [1.82, 2.24) is 0 Å². The van der Waals surface area contributed by atoms with Crippen LogP contribution in [0.25, 0.3) is 0 Å². The first-order valence-corrected chi connectivity index (χ1v) is 6.95. The third-order valence-electron chi connectivity index (χ3n) is 3.28. The lowest BCUT2D eigenvalue weighted by molar-refractivity contribution is 0.640. The maximum atomic E-state index is 3.29. The molecule has 0 spiro atoms. The average molecular weight is 237 g/mol. The molecule has 0 atom stereocenters. The molecule has 0 fully saturated rings. The summed E-state index contributed by atoms with van der Waals surface area (Å²) < 4.78 is 0. The van der Waals surface area contributed by atoms with Crippen molar-refractivity contribution in [3.05, 3.63) is 71.8 Å². The predicted molar refractivity (Wildman–Crippen MR) is 77.6 cm³/mol. The minimum absolute atomic E-state index is 1.17. The number of unbranched alkanes of at least 4 members (excludes halogenated alkanes) is 3. The third kappa shape index (κ3) is 4.75. The quantitative estimate of drug-likeness (QED) is 0.605. The van der Waals surface area contributed by atoms with Gasteiger partial charge in [0.15, 0.2) is 0 Å². The van der Waals surface area contributed by atoms with Crippen LogP contribution in [0.5, 0.6) is 0 Å². The molecule has 0 bridgehead atoms. The molecule has 0 heterocycles. The van der Waals surface area contributed by atoms with Crippen LogP contribution in [0.2, 0.25) is 0 Å². The maximum Gasteiger partial charge on any atom is -0.0149 e. The Balaban J connectivity index is 1.54. The van der Waals surface area contributed by atoms with Crippen molar-refractivity contribution in [2.75, 3.05) is 0 Å². The van der Waals surface area contributed by atoms with Gasteiger partial charge in [-0.2, -0.15) is 0 Å². The van der Waals surface area contributed by atoms with Crippen LogP contribution in [0.4, 0.5) is 0 Å². The number of benzene rings is 2. The first kappa shape index (κ1) is 12.9. The molecule has 1 radical (unpaired) electrons. The van der Waals surface area contributed by atoms with E-state index in [1.54, 1.807) is 0 Å². The molecule has 0 aromatic heterocycles. The minimum atomic E-state index is 1.17. The Morgan fingerprint density at radius 3 is 2.11 bits per heavy atom. The van der Waals surface area contributed by atoms with E-state index in [0.717, 1.165) is 0 Å². The first-order chi connectivity index (χ1) is 8.95. The zero-order valence-corrected chi connectivity index (χ0v) is 10.9. The number of aryl methyl sites for hydroxylation is 2. The van der Waals surface area contributed by atoms with E-state index in [1.807, 2.05) is 12.1 Å². The van der Waals surface area contributed by atoms with E-state index in [0.29, 0.717) is 0 Å². The lowest BCUT2D eigenvalue weighted by Gasteiger charge is -2.02. The summed E-state index contributed by atoms with van der Waals surface area (Å²) in [6.45, 7) is 0. The highest BCUT2D eigenvalue weighted by Gasteiger charge is 1.95. The molecule has 2 aromatic carbocycles. The van der Waals surface area contributed by atoms with E-state index in [2.05, 4.69) is 48.5 Å². The highest BCUT2D eigenvalue weighted by molar-refractivity contribution is 5.14. The normalized spacial score (nSPS) is 10.4. The number of rotatable bonds is 7. The molecule has 0 saturated carbocycles. The van der Waals surface area contributed by atoms with E-state index < -0.39 is 0 Å². The smallest absolute Gasteiger partial charge is 0.0149 e. The van der Waals surface area contributed by atoms with Crippen molar-refractivity contribution in [1.29, 1.82) is 0 Å². The zero-order valence-electron chi connectivity index (χ0n) is 10.9. The highest BCUT2D eigenvalue weighted by atomic mass is 14.0. The maximum absolute atomic E-state index is 3.29. The Morgan fingerprint density at radius 1 is 0.667 bits per heavy atom. The van der Waals surface area contributed by atoms with Gasteiger partial charge in [0.2, 0.25) is 0 Å². The fourth-order valence-electron chi connectivity index (χ4n) is 2.23. The Kier molecular flexibility index (Phi) is 5.52. The van der Waals surface area contributed by atoms with E-state index in [4.69, 9.17) is 0 Å². The van der Waals surface area contributed by atoms with Gasteiger partial charge in [0.25, 0.3) is 0 Å². The monoisotopic (exact) mass is 237 g/mol. The van der Waals surface area contributed by atoms with Crippen LogP contribution < -0.4 is 0 Å². The van der Waals surface area contributed by atoms with Crippen molar-refractivity contribution < 1.29 is 0 Å². The first-order valence-electron chi connectivity index (χ1n) is 6.95. The molecule has 0 aliphatic carbocycles. The van der Waals surface area contributed by atoms with Crippen molar-refractivity contribution in [2.45, 2.75) is 38.5 Å². The molecule has 93 valence electrons. The standard InChI is InChI=1S/C18H21/c1(5-11-17-13-7-3-8-14-17)2-6-12-18-15-9-4-10-16-18/h3-4,7-10,13-15H,1-2,5-6,11-12H2. The Labute approximate surface area is 111 Å². The van der Waals surface area contributed by atoms with Gasteiger partial charge < -0.3 is 0 Å². The van der Waals surface area contributed by atoms with E-state index >= 15 is 0 Å². The summed E-state index contributed by atoms with van der Waals surface area (Å²) in [5.74, 6) is 0. The van der Waals surface area contributed by atoms with Crippen LogP contribution in [0.1, 0.15) is 36.8 Å². The van der Waals surface area contributed by atoms with Crippen molar-refractivity contribution in [3.63, 3.8) is 0 Å². The molecular formula is C18H21. The van der Waals surface area contributed by atoms with Gasteiger partial charge in [-0.1, -0.05) is 67.4 Å². The minimum Gasteiger partial charge on any atom is -0.0622 e. The summed E-state index contributed by atoms with van der Waals surface area (Å²) >= 11 is 0. The highest BCUT2D eigenvalue weighted by Crippen LogP contribution is 2.10. The summed E-state index contributed by atoms with van der Waals surface area (Å²) in [7, 11) is 0. The van der Waals surface area contributed by atoms with Gasteiger partial charge in [-0.05, 0) is 42.9 Å². The fraction of sp³-hybridized carbons (Fsp3) is 0.333. The summed E-state index contributed by atoms with van der Waals surface area (Å²) in [6, 6.07) is 22.4. The molecule has 0 amide bonds. The molecule has 0 unspecified atom stereocenters. The molecule has 0 aliphatic heterocycles. The summed E-state index contributed by atoms with van der Waals surface area (Å²) in [5, 5.41) is 0. The van der Waals surface area contributed by atoms with Crippen molar-refractivity contribution in [3.8, 4) is 0 Å². The lowest BCUT2D eigenvalue weighted by Crippen LogP contribution is -1.88. The Bertz CT molecular complexity index is 373. The fourth-order valence-corrected chi connectivity index (χ4v) is 2.23. The van der Waals surface area contributed by atoms with Gasteiger partial charge in [0.05, 0.1) is 0 Å². The van der Waals surface area contributed by atoms with Gasteiger partial charge in [-0.15, -0.1) is 0 Å². The van der Waals surface area contributed by atoms with E-state index in [1.165, 1.54) is 49.7 Å². The molecule has 0 N–H and O–H groups in total. The average Bonchev–Trinajstić information content (AvgIpc) is 2.45. The SMILES string of the molecule is [c]1ccccc1CCCCCCc1ccccc1.